The molecule has 1 aromatic carbocycles. The summed E-state index contributed by atoms with van der Waals surface area (Å²) in [6.07, 6.45) is 1.97. The fourth-order valence-electron chi connectivity index (χ4n) is 2.93. The van der Waals surface area contributed by atoms with Crippen LogP contribution in [0.3, 0.4) is 0 Å². The Kier molecular flexibility index (Phi) is 6.20. The lowest BCUT2D eigenvalue weighted by atomic mass is 9.87. The molecular formula is C16H23NO6S. The molecule has 2 N–H and O–H groups in total. The van der Waals surface area contributed by atoms with Gasteiger partial charge in [0.2, 0.25) is 10.0 Å². The number of methoxy groups -OCH3 is 2. The van der Waals surface area contributed by atoms with E-state index in [9.17, 15) is 13.2 Å². The summed E-state index contributed by atoms with van der Waals surface area (Å²) in [5, 5.41) is 9.02. The van der Waals surface area contributed by atoms with Crippen molar-refractivity contribution < 1.29 is 27.8 Å². The van der Waals surface area contributed by atoms with Crippen molar-refractivity contribution in [2.75, 3.05) is 14.2 Å². The van der Waals surface area contributed by atoms with Gasteiger partial charge in [0.25, 0.3) is 0 Å². The van der Waals surface area contributed by atoms with Gasteiger partial charge < -0.3 is 14.6 Å². The average Bonchev–Trinajstić information content (AvgIpc) is 2.55. The number of nitrogens with one attached hydrogen (secondary N) is 1. The molecule has 7 nitrogen and oxygen atoms in total. The maximum absolute atomic E-state index is 12.7. The molecule has 2 rings (SSSR count). The minimum absolute atomic E-state index is 0.0694. The summed E-state index contributed by atoms with van der Waals surface area (Å²) in [6, 6.07) is 4.62. The number of benzene rings is 1. The SMILES string of the molecule is COCc1ccc(OC)c(S(=O)(=O)NC2CCC(C(=O)O)CC2)c1. The van der Waals surface area contributed by atoms with Crippen LogP contribution in [0.4, 0.5) is 0 Å². The lowest BCUT2D eigenvalue weighted by molar-refractivity contribution is -0.142. The van der Waals surface area contributed by atoms with Gasteiger partial charge in [-0.25, -0.2) is 13.1 Å². The normalized spacial score (nSPS) is 21.4. The van der Waals surface area contributed by atoms with Crippen molar-refractivity contribution in [2.24, 2.45) is 5.92 Å². The number of hydrogen-bond acceptors (Lipinski definition) is 5. The summed E-state index contributed by atoms with van der Waals surface area (Å²) in [5.74, 6) is -0.933. The summed E-state index contributed by atoms with van der Waals surface area (Å²) < 4.78 is 38.3. The third kappa shape index (κ3) is 4.46. The molecule has 0 atom stereocenters. The number of ether oxygens (including phenoxy) is 2. The lowest BCUT2D eigenvalue weighted by Crippen LogP contribution is -2.38. The lowest BCUT2D eigenvalue weighted by Gasteiger charge is -2.27. The molecule has 24 heavy (non-hydrogen) atoms. The fraction of sp³-hybridized carbons (Fsp3) is 0.562. The molecule has 1 saturated carbocycles. The second-order valence-electron chi connectivity index (χ2n) is 5.93. The molecule has 1 aliphatic carbocycles. The van der Waals surface area contributed by atoms with Gasteiger partial charge in [0.05, 0.1) is 19.6 Å². The summed E-state index contributed by atoms with van der Waals surface area (Å²) in [5.41, 5.74) is 0.730. The van der Waals surface area contributed by atoms with Crippen molar-refractivity contribution in [3.05, 3.63) is 23.8 Å². The van der Waals surface area contributed by atoms with Crippen LogP contribution in [0.2, 0.25) is 0 Å². The van der Waals surface area contributed by atoms with Crippen LogP contribution in [0.25, 0.3) is 0 Å². The summed E-state index contributed by atoms with van der Waals surface area (Å²) in [4.78, 5) is 11.1. The molecule has 0 amide bonds. The Bertz CT molecular complexity index is 680. The van der Waals surface area contributed by atoms with E-state index < -0.39 is 16.0 Å². The third-order valence-corrected chi connectivity index (χ3v) is 5.77. The largest absolute Gasteiger partial charge is 0.495 e. The van der Waals surface area contributed by atoms with Gasteiger partial charge in [-0.3, -0.25) is 4.79 Å². The first-order chi connectivity index (χ1) is 11.4. The highest BCUT2D eigenvalue weighted by Gasteiger charge is 2.30. The molecule has 1 fully saturated rings. The van der Waals surface area contributed by atoms with Gasteiger partial charge in [-0.15, -0.1) is 0 Å². The smallest absolute Gasteiger partial charge is 0.306 e. The number of rotatable bonds is 7. The van der Waals surface area contributed by atoms with Crippen LogP contribution in [0, 0.1) is 5.92 Å². The molecule has 1 aromatic rings. The first-order valence-corrected chi connectivity index (χ1v) is 9.26. The van der Waals surface area contributed by atoms with E-state index in [1.54, 1.807) is 12.1 Å². The molecule has 8 heteroatoms. The van der Waals surface area contributed by atoms with E-state index in [1.165, 1.54) is 20.3 Å². The van der Waals surface area contributed by atoms with E-state index >= 15 is 0 Å². The predicted molar refractivity (Wildman–Crippen MR) is 87.4 cm³/mol. The molecule has 0 unspecified atom stereocenters. The van der Waals surface area contributed by atoms with Crippen LogP contribution >= 0.6 is 0 Å². The standard InChI is InChI=1S/C16H23NO6S/c1-22-10-11-3-8-14(23-2)15(9-11)24(20,21)17-13-6-4-12(5-7-13)16(18)19/h3,8-9,12-13,17H,4-7,10H2,1-2H3,(H,18,19). The minimum atomic E-state index is -3.76. The number of sulfonamides is 1. The van der Waals surface area contributed by atoms with Crippen molar-refractivity contribution >= 4 is 16.0 Å². The third-order valence-electron chi connectivity index (χ3n) is 4.23. The average molecular weight is 357 g/mol. The minimum Gasteiger partial charge on any atom is -0.495 e. The highest BCUT2D eigenvalue weighted by Crippen LogP contribution is 2.29. The maximum atomic E-state index is 12.7. The number of aliphatic carboxylic acids is 1. The molecule has 0 aromatic heterocycles. The van der Waals surface area contributed by atoms with Crippen molar-refractivity contribution in [3.63, 3.8) is 0 Å². The second-order valence-corrected chi connectivity index (χ2v) is 7.61. The zero-order valence-corrected chi connectivity index (χ0v) is 14.6. The van der Waals surface area contributed by atoms with E-state index in [2.05, 4.69) is 4.72 Å². The Morgan fingerprint density at radius 2 is 1.92 bits per heavy atom. The van der Waals surface area contributed by atoms with E-state index in [0.29, 0.717) is 32.3 Å². The number of carboxylic acid groups (broad SMARTS) is 1. The molecule has 0 saturated heterocycles. The topological polar surface area (TPSA) is 102 Å². The van der Waals surface area contributed by atoms with Gasteiger partial charge in [0.1, 0.15) is 10.6 Å². The molecule has 0 radical (unpaired) electrons. The van der Waals surface area contributed by atoms with Crippen molar-refractivity contribution in [1.29, 1.82) is 0 Å². The second kappa shape index (κ2) is 7.96. The number of carbonyl (C=O) groups is 1. The van der Waals surface area contributed by atoms with Gasteiger partial charge in [-0.2, -0.15) is 0 Å². The van der Waals surface area contributed by atoms with Gasteiger partial charge >= 0.3 is 5.97 Å². The summed E-state index contributed by atoms with van der Waals surface area (Å²) >= 11 is 0. The summed E-state index contributed by atoms with van der Waals surface area (Å²) in [6.45, 7) is 0.302. The highest BCUT2D eigenvalue weighted by atomic mass is 32.2. The van der Waals surface area contributed by atoms with Crippen molar-refractivity contribution in [1.82, 2.24) is 4.72 Å². The van der Waals surface area contributed by atoms with Gasteiger partial charge in [-0.05, 0) is 43.4 Å². The summed E-state index contributed by atoms with van der Waals surface area (Å²) in [7, 11) is -0.801. The molecule has 0 spiro atoms. The van der Waals surface area contributed by atoms with E-state index in [-0.39, 0.29) is 22.6 Å². The fourth-order valence-corrected chi connectivity index (χ4v) is 4.45. The Labute approximate surface area is 142 Å². The van der Waals surface area contributed by atoms with E-state index in [0.717, 1.165) is 5.56 Å². The number of hydrogen-bond donors (Lipinski definition) is 2. The van der Waals surface area contributed by atoms with Gasteiger partial charge in [0.15, 0.2) is 0 Å². The molecule has 0 heterocycles. The Morgan fingerprint density at radius 3 is 2.46 bits per heavy atom. The molecule has 1 aliphatic rings. The zero-order valence-electron chi connectivity index (χ0n) is 13.8. The van der Waals surface area contributed by atoms with Crippen LogP contribution in [-0.2, 0) is 26.2 Å². The maximum Gasteiger partial charge on any atom is 0.306 e. The molecule has 0 aliphatic heterocycles. The van der Waals surface area contributed by atoms with Crippen LogP contribution in [0.15, 0.2) is 23.1 Å². The quantitative estimate of drug-likeness (QED) is 0.771. The van der Waals surface area contributed by atoms with Crippen LogP contribution in [0.5, 0.6) is 5.75 Å². The van der Waals surface area contributed by atoms with Crippen molar-refractivity contribution in [2.45, 2.75) is 43.2 Å². The first-order valence-electron chi connectivity index (χ1n) is 7.78. The van der Waals surface area contributed by atoms with Crippen LogP contribution in [-0.4, -0.2) is 39.8 Å². The zero-order chi connectivity index (χ0) is 17.7. The van der Waals surface area contributed by atoms with E-state index in [4.69, 9.17) is 14.6 Å². The number of carboxylic acids is 1. The Balaban J connectivity index is 2.15. The van der Waals surface area contributed by atoms with Gasteiger partial charge in [0, 0.05) is 13.2 Å². The first kappa shape index (κ1) is 18.7. The van der Waals surface area contributed by atoms with Crippen LogP contribution in [0.1, 0.15) is 31.2 Å². The molecule has 134 valence electrons. The highest BCUT2D eigenvalue weighted by molar-refractivity contribution is 7.89. The van der Waals surface area contributed by atoms with E-state index in [1.807, 2.05) is 0 Å². The van der Waals surface area contributed by atoms with Crippen LogP contribution < -0.4 is 9.46 Å². The molecule has 0 bridgehead atoms. The Morgan fingerprint density at radius 1 is 1.25 bits per heavy atom. The predicted octanol–water partition coefficient (Wildman–Crippen LogP) is 1.76. The monoisotopic (exact) mass is 357 g/mol. The molecular weight excluding hydrogens is 334 g/mol. The van der Waals surface area contributed by atoms with Gasteiger partial charge in [-0.1, -0.05) is 6.07 Å². The Hall–Kier alpha value is -1.64. The van der Waals surface area contributed by atoms with Crippen molar-refractivity contribution in [3.8, 4) is 5.75 Å².